The fourth-order valence-electron chi connectivity index (χ4n) is 3.51. The Labute approximate surface area is 121 Å². The first-order valence-electron chi connectivity index (χ1n) is 7.65. The van der Waals surface area contributed by atoms with Crippen LogP contribution in [0, 0.1) is 0 Å². The van der Waals surface area contributed by atoms with Crippen LogP contribution in [0.5, 0.6) is 5.75 Å². The Bertz CT molecular complexity index is 463. The SMILES string of the molecule is COc1ccc(N)c(CN2CCCN3CCCC3C2)c1. The summed E-state index contributed by atoms with van der Waals surface area (Å²) in [5, 5.41) is 0. The van der Waals surface area contributed by atoms with Gasteiger partial charge in [0.1, 0.15) is 5.75 Å². The minimum atomic E-state index is 0.754. The molecule has 0 aromatic heterocycles. The minimum absolute atomic E-state index is 0.754. The largest absolute Gasteiger partial charge is 0.497 e. The first-order valence-corrected chi connectivity index (χ1v) is 7.65. The zero-order chi connectivity index (χ0) is 13.9. The van der Waals surface area contributed by atoms with Crippen LogP contribution >= 0.6 is 0 Å². The van der Waals surface area contributed by atoms with E-state index in [2.05, 4.69) is 15.9 Å². The number of hydrogen-bond acceptors (Lipinski definition) is 4. The quantitative estimate of drug-likeness (QED) is 0.856. The Morgan fingerprint density at radius 3 is 2.95 bits per heavy atom. The summed E-state index contributed by atoms with van der Waals surface area (Å²) in [5.41, 5.74) is 8.18. The molecule has 0 radical (unpaired) electrons. The molecule has 2 aliphatic heterocycles. The van der Waals surface area contributed by atoms with Crippen LogP contribution in [0.25, 0.3) is 0 Å². The van der Waals surface area contributed by atoms with E-state index in [4.69, 9.17) is 10.5 Å². The molecule has 3 rings (SSSR count). The summed E-state index contributed by atoms with van der Waals surface area (Å²) >= 11 is 0. The van der Waals surface area contributed by atoms with Crippen LogP contribution in [0.1, 0.15) is 24.8 Å². The number of ether oxygens (including phenoxy) is 1. The average molecular weight is 275 g/mol. The zero-order valence-corrected chi connectivity index (χ0v) is 12.3. The first-order chi connectivity index (χ1) is 9.76. The maximum absolute atomic E-state index is 6.11. The van der Waals surface area contributed by atoms with Gasteiger partial charge in [-0.05, 0) is 62.7 Å². The third kappa shape index (κ3) is 2.91. The van der Waals surface area contributed by atoms with Gasteiger partial charge < -0.3 is 10.5 Å². The summed E-state index contributed by atoms with van der Waals surface area (Å²) < 4.78 is 5.31. The van der Waals surface area contributed by atoms with Crippen molar-refractivity contribution in [1.29, 1.82) is 0 Å². The van der Waals surface area contributed by atoms with Crippen molar-refractivity contribution in [3.63, 3.8) is 0 Å². The van der Waals surface area contributed by atoms with E-state index in [0.717, 1.165) is 24.0 Å². The molecule has 0 aliphatic carbocycles. The second kappa shape index (κ2) is 6.02. The van der Waals surface area contributed by atoms with Crippen LogP contribution < -0.4 is 10.5 Å². The molecule has 0 spiro atoms. The lowest BCUT2D eigenvalue weighted by molar-refractivity contribution is 0.215. The van der Waals surface area contributed by atoms with E-state index in [1.807, 2.05) is 12.1 Å². The standard InChI is InChI=1S/C16H25N3O/c1-20-15-5-6-16(17)13(10-15)11-18-7-3-9-19-8-2-4-14(19)12-18/h5-6,10,14H,2-4,7-9,11-12,17H2,1H3. The predicted molar refractivity (Wildman–Crippen MR) is 81.9 cm³/mol. The highest BCUT2D eigenvalue weighted by Crippen LogP contribution is 2.25. The molecule has 0 bridgehead atoms. The highest BCUT2D eigenvalue weighted by Gasteiger charge is 2.28. The fraction of sp³-hybridized carbons (Fsp3) is 0.625. The lowest BCUT2D eigenvalue weighted by Crippen LogP contribution is -2.36. The lowest BCUT2D eigenvalue weighted by atomic mass is 10.1. The Morgan fingerprint density at radius 2 is 2.10 bits per heavy atom. The molecule has 4 nitrogen and oxygen atoms in total. The molecule has 2 aliphatic rings. The number of anilines is 1. The molecule has 0 saturated carbocycles. The summed E-state index contributed by atoms with van der Waals surface area (Å²) in [6.07, 6.45) is 3.98. The molecular formula is C16H25N3O. The van der Waals surface area contributed by atoms with Crippen molar-refractivity contribution in [1.82, 2.24) is 9.80 Å². The average Bonchev–Trinajstić information content (AvgIpc) is 2.80. The zero-order valence-electron chi connectivity index (χ0n) is 12.3. The molecule has 4 heteroatoms. The fourth-order valence-corrected chi connectivity index (χ4v) is 3.51. The highest BCUT2D eigenvalue weighted by atomic mass is 16.5. The molecule has 2 saturated heterocycles. The number of rotatable bonds is 3. The van der Waals surface area contributed by atoms with Gasteiger partial charge in [0.2, 0.25) is 0 Å². The summed E-state index contributed by atoms with van der Waals surface area (Å²) in [6.45, 7) is 5.84. The van der Waals surface area contributed by atoms with Gasteiger partial charge in [0, 0.05) is 24.8 Å². The van der Waals surface area contributed by atoms with E-state index in [0.29, 0.717) is 0 Å². The Kier molecular flexibility index (Phi) is 4.13. The van der Waals surface area contributed by atoms with Gasteiger partial charge in [-0.1, -0.05) is 0 Å². The molecule has 1 aromatic rings. The number of hydrogen-bond donors (Lipinski definition) is 1. The normalized spacial score (nSPS) is 24.4. The molecular weight excluding hydrogens is 250 g/mol. The third-order valence-electron chi connectivity index (χ3n) is 4.63. The van der Waals surface area contributed by atoms with Gasteiger partial charge in [-0.3, -0.25) is 9.80 Å². The monoisotopic (exact) mass is 275 g/mol. The van der Waals surface area contributed by atoms with Crippen LogP contribution in [-0.4, -0.2) is 49.1 Å². The third-order valence-corrected chi connectivity index (χ3v) is 4.63. The summed E-state index contributed by atoms with van der Waals surface area (Å²) in [6, 6.07) is 6.71. The van der Waals surface area contributed by atoms with Crippen LogP contribution in [0.2, 0.25) is 0 Å². The van der Waals surface area contributed by atoms with Crippen molar-refractivity contribution in [2.45, 2.75) is 31.8 Å². The van der Waals surface area contributed by atoms with Gasteiger partial charge in [-0.25, -0.2) is 0 Å². The Morgan fingerprint density at radius 1 is 1.25 bits per heavy atom. The maximum Gasteiger partial charge on any atom is 0.119 e. The molecule has 20 heavy (non-hydrogen) atoms. The number of fused-ring (bicyclic) bond motifs is 1. The predicted octanol–water partition coefficient (Wildman–Crippen LogP) is 1.95. The molecule has 1 unspecified atom stereocenters. The van der Waals surface area contributed by atoms with E-state index in [1.165, 1.54) is 51.0 Å². The van der Waals surface area contributed by atoms with Crippen molar-refractivity contribution < 1.29 is 4.74 Å². The molecule has 2 heterocycles. The Balaban J connectivity index is 1.70. The molecule has 2 N–H and O–H groups in total. The number of nitrogen functional groups attached to an aromatic ring is 1. The van der Waals surface area contributed by atoms with Crippen molar-refractivity contribution >= 4 is 5.69 Å². The van der Waals surface area contributed by atoms with Gasteiger partial charge in [0.25, 0.3) is 0 Å². The van der Waals surface area contributed by atoms with E-state index in [1.54, 1.807) is 7.11 Å². The molecule has 110 valence electrons. The second-order valence-electron chi connectivity index (χ2n) is 5.99. The van der Waals surface area contributed by atoms with Gasteiger partial charge in [-0.2, -0.15) is 0 Å². The second-order valence-corrected chi connectivity index (χ2v) is 5.99. The number of nitrogens with zero attached hydrogens (tertiary/aromatic N) is 2. The van der Waals surface area contributed by atoms with Crippen LogP contribution in [0.4, 0.5) is 5.69 Å². The van der Waals surface area contributed by atoms with Crippen molar-refractivity contribution in [2.24, 2.45) is 0 Å². The number of nitrogens with two attached hydrogens (primary N) is 1. The van der Waals surface area contributed by atoms with Gasteiger partial charge in [0.05, 0.1) is 7.11 Å². The van der Waals surface area contributed by atoms with Crippen LogP contribution in [-0.2, 0) is 6.54 Å². The number of benzene rings is 1. The molecule has 0 amide bonds. The summed E-state index contributed by atoms with van der Waals surface area (Å²) in [4.78, 5) is 5.22. The van der Waals surface area contributed by atoms with Crippen molar-refractivity contribution in [3.05, 3.63) is 23.8 Å². The maximum atomic E-state index is 6.11. The minimum Gasteiger partial charge on any atom is -0.497 e. The highest BCUT2D eigenvalue weighted by molar-refractivity contribution is 5.50. The van der Waals surface area contributed by atoms with Crippen molar-refractivity contribution in [3.8, 4) is 5.75 Å². The van der Waals surface area contributed by atoms with Gasteiger partial charge in [0.15, 0.2) is 0 Å². The summed E-state index contributed by atoms with van der Waals surface area (Å²) in [5.74, 6) is 0.895. The van der Waals surface area contributed by atoms with Crippen LogP contribution in [0.15, 0.2) is 18.2 Å². The summed E-state index contributed by atoms with van der Waals surface area (Å²) in [7, 11) is 1.71. The van der Waals surface area contributed by atoms with Gasteiger partial charge >= 0.3 is 0 Å². The van der Waals surface area contributed by atoms with Crippen LogP contribution in [0.3, 0.4) is 0 Å². The smallest absolute Gasteiger partial charge is 0.119 e. The van der Waals surface area contributed by atoms with E-state index < -0.39 is 0 Å². The molecule has 2 fully saturated rings. The Hall–Kier alpha value is -1.26. The van der Waals surface area contributed by atoms with E-state index in [9.17, 15) is 0 Å². The molecule has 1 atom stereocenters. The topological polar surface area (TPSA) is 41.7 Å². The number of methoxy groups -OCH3 is 1. The first kappa shape index (κ1) is 13.7. The molecule has 1 aromatic carbocycles. The van der Waals surface area contributed by atoms with Gasteiger partial charge in [-0.15, -0.1) is 0 Å². The van der Waals surface area contributed by atoms with Crippen molar-refractivity contribution in [2.75, 3.05) is 39.0 Å². The lowest BCUT2D eigenvalue weighted by Gasteiger charge is -2.26. The van der Waals surface area contributed by atoms with E-state index >= 15 is 0 Å². The van der Waals surface area contributed by atoms with E-state index in [-0.39, 0.29) is 0 Å².